The van der Waals surface area contributed by atoms with E-state index in [2.05, 4.69) is 5.32 Å². The van der Waals surface area contributed by atoms with E-state index in [1.54, 1.807) is 51.4 Å². The molecule has 0 atom stereocenters. The van der Waals surface area contributed by atoms with Crippen LogP contribution in [0.2, 0.25) is 0 Å². The molecule has 27 heavy (non-hydrogen) atoms. The second-order valence-electron chi connectivity index (χ2n) is 6.02. The molecule has 8 heteroatoms. The van der Waals surface area contributed by atoms with Crippen molar-refractivity contribution < 1.29 is 17.9 Å². The molecule has 0 saturated carbocycles. The summed E-state index contributed by atoms with van der Waals surface area (Å²) in [6.07, 6.45) is 0. The monoisotopic (exact) mass is 404 g/mol. The Morgan fingerprint density at radius 1 is 1.15 bits per heavy atom. The summed E-state index contributed by atoms with van der Waals surface area (Å²) in [7, 11) is 0.922. The van der Waals surface area contributed by atoms with Crippen molar-refractivity contribution in [1.82, 2.24) is 5.32 Å². The molecule has 0 spiro atoms. The first-order valence-corrected chi connectivity index (χ1v) is 10.4. The van der Waals surface area contributed by atoms with Gasteiger partial charge in [0.25, 0.3) is 15.9 Å². The highest BCUT2D eigenvalue weighted by atomic mass is 32.2. The van der Waals surface area contributed by atoms with Crippen molar-refractivity contribution in [2.45, 2.75) is 11.8 Å². The molecule has 0 aliphatic carbocycles. The van der Waals surface area contributed by atoms with Crippen LogP contribution in [0.15, 0.2) is 47.4 Å². The molecule has 0 aliphatic heterocycles. The number of ether oxygens (including phenoxy) is 1. The Morgan fingerprint density at radius 3 is 2.52 bits per heavy atom. The molecule has 0 radical (unpaired) electrons. The van der Waals surface area contributed by atoms with Crippen LogP contribution in [-0.2, 0) is 10.0 Å². The van der Waals surface area contributed by atoms with Crippen LogP contribution in [-0.4, -0.2) is 35.5 Å². The smallest absolute Gasteiger partial charge is 0.264 e. The van der Waals surface area contributed by atoms with Crippen LogP contribution in [0.4, 0.5) is 5.69 Å². The van der Waals surface area contributed by atoms with E-state index in [9.17, 15) is 13.2 Å². The topological polar surface area (TPSA) is 75.7 Å². The number of carbonyl (C=O) groups is 1. The number of methoxy groups -OCH3 is 1. The minimum absolute atomic E-state index is 0.160. The summed E-state index contributed by atoms with van der Waals surface area (Å²) in [5.74, 6) is 0.477. The third kappa shape index (κ3) is 3.50. The van der Waals surface area contributed by atoms with Crippen LogP contribution in [0, 0.1) is 6.92 Å². The number of anilines is 1. The number of carbonyl (C=O) groups excluding carboxylic acids is 1. The van der Waals surface area contributed by atoms with Gasteiger partial charge in [-0.2, -0.15) is 0 Å². The van der Waals surface area contributed by atoms with Crippen molar-refractivity contribution in [1.29, 1.82) is 0 Å². The standard InChI is InChI=1S/C19H20N2O4S2/c1-12-9-15(6-7-16(12)25-4)27(23,24)21(3)14-5-8-17-13(10-14)11-18(26-17)19(22)20-2/h5-11H,1-4H3,(H,20,22). The average Bonchev–Trinajstić information content (AvgIpc) is 3.09. The van der Waals surface area contributed by atoms with Gasteiger partial charge in [-0.05, 0) is 60.3 Å². The van der Waals surface area contributed by atoms with Crippen LogP contribution in [0.5, 0.6) is 5.75 Å². The Hall–Kier alpha value is -2.58. The summed E-state index contributed by atoms with van der Waals surface area (Å²) in [5.41, 5.74) is 1.27. The molecule has 0 saturated heterocycles. The molecule has 1 heterocycles. The lowest BCUT2D eigenvalue weighted by atomic mass is 10.2. The number of thiophene rings is 1. The Bertz CT molecular complexity index is 1120. The summed E-state index contributed by atoms with van der Waals surface area (Å²) in [5, 5.41) is 3.42. The van der Waals surface area contributed by atoms with Crippen LogP contribution in [0.25, 0.3) is 10.1 Å². The van der Waals surface area contributed by atoms with Crippen molar-refractivity contribution in [2.24, 2.45) is 0 Å². The average molecular weight is 405 g/mol. The first-order valence-electron chi connectivity index (χ1n) is 8.17. The second kappa shape index (κ2) is 7.21. The van der Waals surface area contributed by atoms with Crippen molar-refractivity contribution in [2.75, 3.05) is 25.5 Å². The van der Waals surface area contributed by atoms with Crippen molar-refractivity contribution in [3.05, 3.63) is 52.9 Å². The maximum atomic E-state index is 13.0. The van der Waals surface area contributed by atoms with Gasteiger partial charge in [-0.3, -0.25) is 9.10 Å². The number of sulfonamides is 1. The largest absolute Gasteiger partial charge is 0.496 e. The molecule has 0 fully saturated rings. The molecule has 142 valence electrons. The summed E-state index contributed by atoms with van der Waals surface area (Å²) in [6, 6.07) is 11.9. The van der Waals surface area contributed by atoms with E-state index in [1.807, 2.05) is 6.07 Å². The minimum Gasteiger partial charge on any atom is -0.496 e. The number of rotatable bonds is 5. The molecule has 1 amide bonds. The molecule has 6 nitrogen and oxygen atoms in total. The second-order valence-corrected chi connectivity index (χ2v) is 9.07. The lowest BCUT2D eigenvalue weighted by Crippen LogP contribution is -2.26. The van der Waals surface area contributed by atoms with Crippen LogP contribution in [0.3, 0.4) is 0 Å². The first-order chi connectivity index (χ1) is 12.8. The summed E-state index contributed by atoms with van der Waals surface area (Å²) >= 11 is 1.37. The fourth-order valence-electron chi connectivity index (χ4n) is 2.77. The molecule has 2 aromatic carbocycles. The highest BCUT2D eigenvalue weighted by molar-refractivity contribution is 7.92. The number of hydrogen-bond acceptors (Lipinski definition) is 5. The van der Waals surface area contributed by atoms with E-state index in [0.29, 0.717) is 16.3 Å². The van der Waals surface area contributed by atoms with Crippen molar-refractivity contribution in [3.8, 4) is 5.75 Å². The molecule has 3 aromatic rings. The van der Waals surface area contributed by atoms with Gasteiger partial charge >= 0.3 is 0 Å². The maximum Gasteiger partial charge on any atom is 0.264 e. The lowest BCUT2D eigenvalue weighted by Gasteiger charge is -2.20. The van der Waals surface area contributed by atoms with Gasteiger partial charge in [0.05, 0.1) is 22.6 Å². The van der Waals surface area contributed by atoms with E-state index >= 15 is 0 Å². The fourth-order valence-corrected chi connectivity index (χ4v) is 5.03. The molecule has 0 aliphatic rings. The zero-order valence-electron chi connectivity index (χ0n) is 15.4. The van der Waals surface area contributed by atoms with E-state index < -0.39 is 10.0 Å². The third-order valence-electron chi connectivity index (χ3n) is 4.34. The summed E-state index contributed by atoms with van der Waals surface area (Å²) in [4.78, 5) is 12.6. The van der Waals surface area contributed by atoms with Gasteiger partial charge in [-0.15, -0.1) is 11.3 Å². The molecule has 1 N–H and O–H groups in total. The van der Waals surface area contributed by atoms with Gasteiger partial charge in [-0.25, -0.2) is 8.42 Å². The summed E-state index contributed by atoms with van der Waals surface area (Å²) < 4.78 is 33.4. The normalized spacial score (nSPS) is 11.4. The van der Waals surface area contributed by atoms with Gasteiger partial charge in [0.2, 0.25) is 0 Å². The number of aryl methyl sites for hydroxylation is 1. The number of nitrogens with zero attached hydrogens (tertiary/aromatic N) is 1. The summed E-state index contributed by atoms with van der Waals surface area (Å²) in [6.45, 7) is 1.80. The quantitative estimate of drug-likeness (QED) is 0.707. The lowest BCUT2D eigenvalue weighted by molar-refractivity contribution is 0.0967. The third-order valence-corrected chi connectivity index (χ3v) is 7.24. The Labute approximate surface area is 162 Å². The Kier molecular flexibility index (Phi) is 5.12. The zero-order chi connectivity index (χ0) is 19.8. The molecule has 0 unspecified atom stereocenters. The molecule has 1 aromatic heterocycles. The maximum absolute atomic E-state index is 13.0. The highest BCUT2D eigenvalue weighted by Crippen LogP contribution is 2.32. The first kappa shape index (κ1) is 19.2. The highest BCUT2D eigenvalue weighted by Gasteiger charge is 2.22. The van der Waals surface area contributed by atoms with Gasteiger partial charge in [0.1, 0.15) is 5.75 Å². The Morgan fingerprint density at radius 2 is 1.89 bits per heavy atom. The van der Waals surface area contributed by atoms with Gasteiger partial charge in [0, 0.05) is 18.8 Å². The molecular weight excluding hydrogens is 384 g/mol. The van der Waals surface area contributed by atoms with Crippen molar-refractivity contribution in [3.63, 3.8) is 0 Å². The number of nitrogens with one attached hydrogen (secondary N) is 1. The van der Waals surface area contributed by atoms with Crippen LogP contribution < -0.4 is 14.4 Å². The van der Waals surface area contributed by atoms with E-state index in [4.69, 9.17) is 4.74 Å². The predicted octanol–water partition coefficient (Wildman–Crippen LogP) is 3.40. The molecule has 3 rings (SSSR count). The SMILES string of the molecule is CNC(=O)c1cc2cc(N(C)S(=O)(=O)c3ccc(OC)c(C)c3)ccc2s1. The number of benzene rings is 2. The van der Waals surface area contributed by atoms with Crippen LogP contribution >= 0.6 is 11.3 Å². The minimum atomic E-state index is -3.72. The van der Waals surface area contributed by atoms with E-state index in [0.717, 1.165) is 15.6 Å². The molecular formula is C19H20N2O4S2. The van der Waals surface area contributed by atoms with Gasteiger partial charge < -0.3 is 10.1 Å². The van der Waals surface area contributed by atoms with E-state index in [-0.39, 0.29) is 10.8 Å². The number of amides is 1. The van der Waals surface area contributed by atoms with Crippen LogP contribution in [0.1, 0.15) is 15.2 Å². The zero-order valence-corrected chi connectivity index (χ0v) is 17.1. The predicted molar refractivity (Wildman–Crippen MR) is 109 cm³/mol. The fraction of sp³-hybridized carbons (Fsp3) is 0.211. The van der Waals surface area contributed by atoms with E-state index in [1.165, 1.54) is 28.8 Å². The van der Waals surface area contributed by atoms with Crippen molar-refractivity contribution >= 4 is 43.0 Å². The Balaban J connectivity index is 1.99. The van der Waals surface area contributed by atoms with Gasteiger partial charge in [0.15, 0.2) is 0 Å². The number of fused-ring (bicyclic) bond motifs is 1. The molecule has 0 bridgehead atoms. The van der Waals surface area contributed by atoms with Gasteiger partial charge in [-0.1, -0.05) is 0 Å². The number of hydrogen-bond donors (Lipinski definition) is 1.